The van der Waals surface area contributed by atoms with E-state index in [0.717, 1.165) is 16.5 Å². The fourth-order valence-electron chi connectivity index (χ4n) is 3.73. The number of benzene rings is 2. The van der Waals surface area contributed by atoms with E-state index in [0.29, 0.717) is 28.9 Å². The number of carboxylic acids is 1. The summed E-state index contributed by atoms with van der Waals surface area (Å²) in [6.45, 7) is 8.63. The van der Waals surface area contributed by atoms with Crippen LogP contribution in [0.3, 0.4) is 0 Å². The number of hydrogen-bond acceptors (Lipinski definition) is 5. The second-order valence-electron chi connectivity index (χ2n) is 8.55. The normalized spacial score (nSPS) is 13.0. The van der Waals surface area contributed by atoms with Crippen molar-refractivity contribution in [2.45, 2.75) is 53.2 Å². The van der Waals surface area contributed by atoms with Gasteiger partial charge in [-0.3, -0.25) is 4.79 Å². The molecule has 0 saturated heterocycles. The average Bonchev–Trinajstić information content (AvgIpc) is 2.77. The van der Waals surface area contributed by atoms with E-state index in [4.69, 9.17) is 9.15 Å². The van der Waals surface area contributed by atoms with Crippen molar-refractivity contribution in [1.82, 2.24) is 5.32 Å². The van der Waals surface area contributed by atoms with Crippen LogP contribution in [0.2, 0.25) is 0 Å². The highest BCUT2D eigenvalue weighted by Crippen LogP contribution is 2.30. The quantitative estimate of drug-likeness (QED) is 0.502. The fraction of sp³-hybridized carbons (Fsp3) is 0.346. The van der Waals surface area contributed by atoms with Crippen LogP contribution in [-0.2, 0) is 16.0 Å². The minimum atomic E-state index is -1.10. The van der Waals surface area contributed by atoms with Gasteiger partial charge >= 0.3 is 11.6 Å². The molecule has 3 aromatic rings. The van der Waals surface area contributed by atoms with Gasteiger partial charge in [-0.1, -0.05) is 44.2 Å². The van der Waals surface area contributed by atoms with Gasteiger partial charge in [0, 0.05) is 22.9 Å². The molecule has 0 spiro atoms. The Morgan fingerprint density at radius 2 is 1.70 bits per heavy atom. The van der Waals surface area contributed by atoms with E-state index in [1.165, 1.54) is 0 Å². The predicted molar refractivity (Wildman–Crippen MR) is 126 cm³/mol. The summed E-state index contributed by atoms with van der Waals surface area (Å²) in [7, 11) is 0. The van der Waals surface area contributed by atoms with E-state index in [2.05, 4.69) is 5.32 Å². The number of carbonyl (C=O) groups is 2. The Bertz CT molecular complexity index is 1230. The number of aliphatic carboxylic acids is 1. The lowest BCUT2D eigenvalue weighted by atomic mass is 9.98. The molecule has 2 N–H and O–H groups in total. The summed E-state index contributed by atoms with van der Waals surface area (Å²) < 4.78 is 11.5. The highest BCUT2D eigenvalue weighted by Gasteiger charge is 2.27. The topological polar surface area (TPSA) is 106 Å². The van der Waals surface area contributed by atoms with Crippen molar-refractivity contribution >= 4 is 22.8 Å². The first kappa shape index (κ1) is 24.0. The molecule has 1 amide bonds. The molecule has 0 aliphatic rings. The van der Waals surface area contributed by atoms with Crippen molar-refractivity contribution in [3.8, 4) is 5.75 Å². The van der Waals surface area contributed by atoms with Crippen molar-refractivity contribution in [3.63, 3.8) is 0 Å². The number of rotatable bonds is 8. The zero-order chi connectivity index (χ0) is 24.3. The van der Waals surface area contributed by atoms with Gasteiger partial charge in [-0.2, -0.15) is 0 Å². The summed E-state index contributed by atoms with van der Waals surface area (Å²) >= 11 is 0. The lowest BCUT2D eigenvalue weighted by Gasteiger charge is -2.22. The molecule has 0 aliphatic carbocycles. The molecule has 174 valence electrons. The minimum Gasteiger partial charge on any atom is -0.480 e. The van der Waals surface area contributed by atoms with Gasteiger partial charge in [0.1, 0.15) is 17.4 Å². The highest BCUT2D eigenvalue weighted by atomic mass is 16.5. The number of ether oxygens (including phenoxy) is 1. The van der Waals surface area contributed by atoms with E-state index in [1.54, 1.807) is 33.8 Å². The molecule has 0 bridgehead atoms. The zero-order valence-corrected chi connectivity index (χ0v) is 19.5. The van der Waals surface area contributed by atoms with Crippen LogP contribution in [-0.4, -0.2) is 29.1 Å². The van der Waals surface area contributed by atoms with Gasteiger partial charge in [0.05, 0.1) is 0 Å². The largest absolute Gasteiger partial charge is 0.480 e. The SMILES string of the molecule is Cc1c(Cc2ccccc2)c(=O)oc2c(C)c(OC(C)C(=O)NC(C(=O)O)C(C)C)ccc12. The van der Waals surface area contributed by atoms with E-state index in [9.17, 15) is 19.5 Å². The van der Waals surface area contributed by atoms with E-state index in [1.807, 2.05) is 43.3 Å². The molecule has 0 saturated carbocycles. The summed E-state index contributed by atoms with van der Waals surface area (Å²) in [4.78, 5) is 36.6. The summed E-state index contributed by atoms with van der Waals surface area (Å²) in [5.41, 5.74) is 3.05. The van der Waals surface area contributed by atoms with Gasteiger partial charge in [-0.15, -0.1) is 0 Å². The summed E-state index contributed by atoms with van der Waals surface area (Å²) in [6, 6.07) is 12.2. The van der Waals surface area contributed by atoms with Crippen molar-refractivity contribution < 1.29 is 23.8 Å². The van der Waals surface area contributed by atoms with Crippen LogP contribution in [0.1, 0.15) is 43.0 Å². The summed E-state index contributed by atoms with van der Waals surface area (Å²) in [5, 5.41) is 12.6. The van der Waals surface area contributed by atoms with Gasteiger partial charge in [0.15, 0.2) is 6.10 Å². The van der Waals surface area contributed by atoms with Crippen LogP contribution >= 0.6 is 0 Å². The van der Waals surface area contributed by atoms with Gasteiger partial charge in [0.2, 0.25) is 0 Å². The van der Waals surface area contributed by atoms with Crippen LogP contribution in [0.5, 0.6) is 5.75 Å². The van der Waals surface area contributed by atoms with Crippen LogP contribution in [0.15, 0.2) is 51.7 Å². The van der Waals surface area contributed by atoms with Gasteiger partial charge < -0.3 is 19.6 Å². The number of fused-ring (bicyclic) bond motifs is 1. The maximum atomic E-state index is 12.8. The summed E-state index contributed by atoms with van der Waals surface area (Å²) in [6.07, 6.45) is -0.466. The molecule has 0 aliphatic heterocycles. The first-order chi connectivity index (χ1) is 15.6. The molecule has 2 aromatic carbocycles. The van der Waals surface area contributed by atoms with Gasteiger partial charge in [-0.25, -0.2) is 9.59 Å². The molecule has 1 heterocycles. The lowest BCUT2D eigenvalue weighted by molar-refractivity contribution is -0.144. The monoisotopic (exact) mass is 451 g/mol. The molecular weight excluding hydrogens is 422 g/mol. The third-order valence-electron chi connectivity index (χ3n) is 5.78. The maximum Gasteiger partial charge on any atom is 0.340 e. The maximum absolute atomic E-state index is 12.8. The third-order valence-corrected chi connectivity index (χ3v) is 5.78. The molecule has 2 atom stereocenters. The third kappa shape index (κ3) is 5.25. The Balaban J connectivity index is 1.88. The van der Waals surface area contributed by atoms with E-state index < -0.39 is 29.6 Å². The molecule has 3 rings (SSSR count). The van der Waals surface area contributed by atoms with E-state index in [-0.39, 0.29) is 5.92 Å². The van der Waals surface area contributed by atoms with Crippen molar-refractivity contribution in [2.75, 3.05) is 0 Å². The van der Waals surface area contributed by atoms with Crippen molar-refractivity contribution in [2.24, 2.45) is 5.92 Å². The Labute approximate surface area is 192 Å². The van der Waals surface area contributed by atoms with Gasteiger partial charge in [0.25, 0.3) is 5.91 Å². The van der Waals surface area contributed by atoms with Crippen molar-refractivity contribution in [3.05, 3.63) is 75.1 Å². The van der Waals surface area contributed by atoms with Crippen LogP contribution < -0.4 is 15.7 Å². The fourth-order valence-corrected chi connectivity index (χ4v) is 3.73. The standard InChI is InChI=1S/C26H29NO6/c1-14(2)22(25(29)30)27-24(28)17(5)32-21-12-11-19-15(3)20(13-18-9-7-6-8-10-18)26(31)33-23(19)16(21)4/h6-12,14,17,22H,13H2,1-5H3,(H,27,28)(H,29,30). The van der Waals surface area contributed by atoms with Crippen LogP contribution in [0, 0.1) is 19.8 Å². The Kier molecular flexibility index (Phi) is 7.21. The molecule has 1 aromatic heterocycles. The minimum absolute atomic E-state index is 0.275. The Hall–Kier alpha value is -3.61. The Morgan fingerprint density at radius 1 is 1.03 bits per heavy atom. The highest BCUT2D eigenvalue weighted by molar-refractivity contribution is 5.88. The summed E-state index contributed by atoms with van der Waals surface area (Å²) in [5.74, 6) is -1.52. The zero-order valence-electron chi connectivity index (χ0n) is 19.5. The number of hydrogen-bond donors (Lipinski definition) is 2. The van der Waals surface area contributed by atoms with Crippen LogP contribution in [0.25, 0.3) is 11.0 Å². The number of carbonyl (C=O) groups excluding carboxylic acids is 1. The van der Waals surface area contributed by atoms with Crippen molar-refractivity contribution in [1.29, 1.82) is 0 Å². The number of aryl methyl sites for hydroxylation is 2. The predicted octanol–water partition coefficient (Wildman–Crippen LogP) is 3.99. The number of carboxylic acid groups (broad SMARTS) is 1. The van der Waals surface area contributed by atoms with Gasteiger partial charge in [-0.05, 0) is 49.9 Å². The molecule has 2 unspecified atom stereocenters. The number of nitrogens with one attached hydrogen (secondary N) is 1. The molecule has 7 nitrogen and oxygen atoms in total. The molecule has 7 heteroatoms. The smallest absolute Gasteiger partial charge is 0.340 e. The number of amides is 1. The molecular formula is C26H29NO6. The van der Waals surface area contributed by atoms with E-state index >= 15 is 0 Å². The Morgan fingerprint density at radius 3 is 2.30 bits per heavy atom. The molecule has 0 fully saturated rings. The first-order valence-corrected chi connectivity index (χ1v) is 10.9. The molecule has 33 heavy (non-hydrogen) atoms. The lowest BCUT2D eigenvalue weighted by Crippen LogP contribution is -2.48. The average molecular weight is 452 g/mol. The van der Waals surface area contributed by atoms with Crippen LogP contribution in [0.4, 0.5) is 0 Å². The first-order valence-electron chi connectivity index (χ1n) is 10.9. The second kappa shape index (κ2) is 9.90. The molecule has 0 radical (unpaired) electrons. The second-order valence-corrected chi connectivity index (χ2v) is 8.55.